The first kappa shape index (κ1) is 12.4. The van der Waals surface area contributed by atoms with E-state index in [4.69, 9.17) is 0 Å². The number of hydrogen-bond acceptors (Lipinski definition) is 3. The molecular formula is C11H14O3. The molecule has 76 valence electrons. The topological polar surface area (TPSA) is 54.4 Å². The molecule has 0 spiro atoms. The molecule has 3 nitrogen and oxygen atoms in total. The van der Waals surface area contributed by atoms with Gasteiger partial charge in [0.2, 0.25) is 0 Å². The fraction of sp³-hybridized carbons (Fsp3) is 0.273. The molecule has 0 unspecified atom stereocenters. The van der Waals surface area contributed by atoms with Crippen molar-refractivity contribution in [1.29, 1.82) is 0 Å². The molecule has 0 aromatic carbocycles. The predicted molar refractivity (Wildman–Crippen MR) is 55.0 cm³/mol. The Labute approximate surface area is 83.4 Å². The highest BCUT2D eigenvalue weighted by Gasteiger charge is 2.16. The highest BCUT2D eigenvalue weighted by Crippen LogP contribution is 2.15. The maximum atomic E-state index is 11.2. The van der Waals surface area contributed by atoms with Crippen LogP contribution < -0.4 is 0 Å². The van der Waals surface area contributed by atoms with Crippen molar-refractivity contribution < 1.29 is 14.7 Å². The van der Waals surface area contributed by atoms with Gasteiger partial charge in [-0.2, -0.15) is 0 Å². The molecule has 1 N–H and O–H groups in total. The number of ketones is 2. The van der Waals surface area contributed by atoms with Crippen LogP contribution in [0.15, 0.2) is 35.6 Å². The van der Waals surface area contributed by atoms with E-state index >= 15 is 0 Å². The summed E-state index contributed by atoms with van der Waals surface area (Å²) in [7, 11) is 0. The van der Waals surface area contributed by atoms with Crippen LogP contribution in [-0.4, -0.2) is 16.7 Å². The first-order valence-electron chi connectivity index (χ1n) is 4.19. The van der Waals surface area contributed by atoms with Crippen LogP contribution in [0.4, 0.5) is 0 Å². The maximum absolute atomic E-state index is 11.2. The number of carbonyl (C=O) groups is 2. The van der Waals surface area contributed by atoms with Crippen molar-refractivity contribution in [2.24, 2.45) is 0 Å². The van der Waals surface area contributed by atoms with Gasteiger partial charge in [0, 0.05) is 5.57 Å². The van der Waals surface area contributed by atoms with Crippen LogP contribution in [-0.2, 0) is 9.59 Å². The number of allylic oxidation sites excluding steroid dienone is 4. The summed E-state index contributed by atoms with van der Waals surface area (Å²) in [6.45, 7) is 7.63. The number of carbonyl (C=O) groups excluding carboxylic acids is 2. The van der Waals surface area contributed by atoms with Crippen LogP contribution in [0, 0.1) is 0 Å². The quantitative estimate of drug-likeness (QED) is 0.423. The summed E-state index contributed by atoms with van der Waals surface area (Å²) in [6.07, 6.45) is 2.64. The van der Waals surface area contributed by atoms with Gasteiger partial charge in [0.25, 0.3) is 0 Å². The third-order valence-corrected chi connectivity index (χ3v) is 1.73. The molecule has 0 aliphatic heterocycles. The fourth-order valence-corrected chi connectivity index (χ4v) is 1.07. The van der Waals surface area contributed by atoms with Gasteiger partial charge in [0.05, 0.1) is 5.57 Å². The average Bonchev–Trinajstić information content (AvgIpc) is 2.11. The van der Waals surface area contributed by atoms with Gasteiger partial charge in [-0.1, -0.05) is 12.7 Å². The zero-order valence-corrected chi connectivity index (χ0v) is 8.63. The van der Waals surface area contributed by atoms with Gasteiger partial charge in [0.15, 0.2) is 11.6 Å². The molecule has 0 atom stereocenters. The van der Waals surface area contributed by atoms with E-state index in [1.54, 1.807) is 6.92 Å². The van der Waals surface area contributed by atoms with Gasteiger partial charge < -0.3 is 5.11 Å². The summed E-state index contributed by atoms with van der Waals surface area (Å²) in [5.74, 6) is -0.841. The van der Waals surface area contributed by atoms with Crippen molar-refractivity contribution in [3.05, 3.63) is 35.6 Å². The van der Waals surface area contributed by atoms with Crippen molar-refractivity contribution >= 4 is 11.6 Å². The van der Waals surface area contributed by atoms with Crippen molar-refractivity contribution in [2.75, 3.05) is 0 Å². The minimum Gasteiger partial charge on any atom is -0.508 e. The van der Waals surface area contributed by atoms with Crippen LogP contribution in [0.25, 0.3) is 0 Å². The summed E-state index contributed by atoms with van der Waals surface area (Å²) in [4.78, 5) is 22.3. The maximum Gasteiger partial charge on any atom is 0.164 e. The molecule has 0 saturated carbocycles. The number of rotatable bonds is 4. The van der Waals surface area contributed by atoms with Crippen LogP contribution in [0.2, 0.25) is 0 Å². The predicted octanol–water partition coefficient (Wildman–Crippen LogP) is 2.11. The monoisotopic (exact) mass is 194 g/mol. The Balaban J connectivity index is 5.68. The van der Waals surface area contributed by atoms with Gasteiger partial charge >= 0.3 is 0 Å². The lowest BCUT2D eigenvalue weighted by Crippen LogP contribution is -2.08. The Morgan fingerprint density at radius 1 is 1.21 bits per heavy atom. The first-order valence-corrected chi connectivity index (χ1v) is 4.19. The Kier molecular flexibility index (Phi) is 4.56. The van der Waals surface area contributed by atoms with Crippen molar-refractivity contribution in [3.8, 4) is 0 Å². The second-order valence-corrected chi connectivity index (χ2v) is 2.78. The third-order valence-electron chi connectivity index (χ3n) is 1.73. The van der Waals surface area contributed by atoms with Gasteiger partial charge in [-0.15, -0.1) is 0 Å². The number of Topliss-reactive ketones (excluding diaryl/α,β-unsaturated/α-hetero) is 2. The molecule has 0 saturated heterocycles. The lowest BCUT2D eigenvalue weighted by molar-refractivity contribution is -0.116. The van der Waals surface area contributed by atoms with Crippen molar-refractivity contribution in [2.45, 2.75) is 20.8 Å². The summed E-state index contributed by atoms with van der Waals surface area (Å²) in [5.41, 5.74) is 0.170. The zero-order valence-electron chi connectivity index (χ0n) is 8.63. The Bertz CT molecular complexity index is 332. The molecule has 0 heterocycles. The van der Waals surface area contributed by atoms with Crippen LogP contribution in [0.5, 0.6) is 0 Å². The van der Waals surface area contributed by atoms with E-state index in [-0.39, 0.29) is 28.5 Å². The number of aliphatic hydroxyl groups excluding tert-OH is 1. The average molecular weight is 194 g/mol. The molecule has 0 bridgehead atoms. The lowest BCUT2D eigenvalue weighted by atomic mass is 10.00. The van der Waals surface area contributed by atoms with Crippen LogP contribution in [0.3, 0.4) is 0 Å². The van der Waals surface area contributed by atoms with E-state index in [0.717, 1.165) is 0 Å². The molecule has 0 rings (SSSR count). The third kappa shape index (κ3) is 2.69. The van der Waals surface area contributed by atoms with Crippen LogP contribution in [0.1, 0.15) is 20.8 Å². The molecule has 0 aliphatic rings. The van der Waals surface area contributed by atoms with E-state index in [2.05, 4.69) is 6.58 Å². The SMILES string of the molecule is C=C/C(C(C)=O)=C(C(C)=O)\C(O)=C/C. The van der Waals surface area contributed by atoms with Gasteiger partial charge in [-0.05, 0) is 26.8 Å². The van der Waals surface area contributed by atoms with E-state index < -0.39 is 0 Å². The standard InChI is InChI=1S/C11H14O3/c1-5-9(7(3)12)11(8(4)13)10(14)6-2/h5-6,14H,1H2,2-4H3/b10-6+,11-9+. The number of aliphatic hydroxyl groups is 1. The smallest absolute Gasteiger partial charge is 0.164 e. The molecule has 0 radical (unpaired) electrons. The minimum atomic E-state index is -0.356. The van der Waals surface area contributed by atoms with Crippen molar-refractivity contribution in [1.82, 2.24) is 0 Å². The van der Waals surface area contributed by atoms with E-state index in [9.17, 15) is 14.7 Å². The van der Waals surface area contributed by atoms with Crippen molar-refractivity contribution in [3.63, 3.8) is 0 Å². The molecule has 0 amide bonds. The van der Waals surface area contributed by atoms with Gasteiger partial charge in [0.1, 0.15) is 5.76 Å². The molecule has 0 fully saturated rings. The van der Waals surface area contributed by atoms with E-state index in [1.807, 2.05) is 0 Å². The minimum absolute atomic E-state index is 0.0231. The zero-order chi connectivity index (χ0) is 11.3. The van der Waals surface area contributed by atoms with Gasteiger partial charge in [-0.25, -0.2) is 0 Å². The van der Waals surface area contributed by atoms with E-state index in [0.29, 0.717) is 0 Å². The lowest BCUT2D eigenvalue weighted by Gasteiger charge is -2.06. The summed E-state index contributed by atoms with van der Waals surface area (Å²) >= 11 is 0. The molecule has 0 aliphatic carbocycles. The molecule has 14 heavy (non-hydrogen) atoms. The Morgan fingerprint density at radius 3 is 1.93 bits per heavy atom. The molecule has 0 aromatic rings. The van der Waals surface area contributed by atoms with Gasteiger partial charge in [-0.3, -0.25) is 9.59 Å². The van der Waals surface area contributed by atoms with Crippen LogP contribution >= 0.6 is 0 Å². The van der Waals surface area contributed by atoms with E-state index in [1.165, 1.54) is 26.0 Å². The Hall–Kier alpha value is -1.64. The highest BCUT2D eigenvalue weighted by molar-refractivity contribution is 6.08. The molecule has 3 heteroatoms. The molecular weight excluding hydrogens is 180 g/mol. The fourth-order valence-electron chi connectivity index (χ4n) is 1.07. The largest absolute Gasteiger partial charge is 0.508 e. The second kappa shape index (κ2) is 5.17. The summed E-state index contributed by atoms with van der Waals surface area (Å²) in [6, 6.07) is 0. The first-order chi connectivity index (χ1) is 6.45. The second-order valence-electron chi connectivity index (χ2n) is 2.78. The summed E-state index contributed by atoms with van der Waals surface area (Å²) in [5, 5.41) is 9.42. The Morgan fingerprint density at radius 2 is 1.71 bits per heavy atom. The summed E-state index contributed by atoms with van der Waals surface area (Å²) < 4.78 is 0. The molecule has 0 aromatic heterocycles. The normalized spacial score (nSPS) is 13.2. The highest BCUT2D eigenvalue weighted by atomic mass is 16.3. The number of hydrogen-bond donors (Lipinski definition) is 1.